The van der Waals surface area contributed by atoms with Crippen LogP contribution in [0.2, 0.25) is 0 Å². The predicted molar refractivity (Wildman–Crippen MR) is 72.3 cm³/mol. The molecule has 0 spiro atoms. The van der Waals surface area contributed by atoms with Crippen molar-refractivity contribution >= 4 is 5.69 Å². The average Bonchev–Trinajstić information content (AvgIpc) is 3.12. The lowest BCUT2D eigenvalue weighted by molar-refractivity contribution is 0.261. The molecule has 1 aliphatic heterocycles. The molecule has 2 aliphatic rings. The Morgan fingerprint density at radius 2 is 2.28 bits per heavy atom. The molecule has 18 heavy (non-hydrogen) atoms. The minimum atomic E-state index is 0.638. The smallest absolute Gasteiger partial charge is 0.0635 e. The van der Waals surface area contributed by atoms with Crippen LogP contribution < -0.4 is 5.32 Å². The first kappa shape index (κ1) is 11.6. The lowest BCUT2D eigenvalue weighted by atomic mass is 10.1. The SMILES string of the molecule is N#CCCN(Cc1cccc2c1NCC2)C1CC1. The molecule has 0 aromatic heterocycles. The zero-order valence-electron chi connectivity index (χ0n) is 10.7. The third-order valence-corrected chi connectivity index (χ3v) is 3.88. The maximum atomic E-state index is 8.75. The fourth-order valence-electron chi connectivity index (χ4n) is 2.79. The summed E-state index contributed by atoms with van der Waals surface area (Å²) in [6.07, 6.45) is 4.38. The van der Waals surface area contributed by atoms with Crippen LogP contribution in [0.5, 0.6) is 0 Å². The second-order valence-electron chi connectivity index (χ2n) is 5.24. The van der Waals surface area contributed by atoms with Crippen molar-refractivity contribution in [3.8, 4) is 6.07 Å². The van der Waals surface area contributed by atoms with Crippen LogP contribution in [0.25, 0.3) is 0 Å². The molecule has 0 bridgehead atoms. The number of nitriles is 1. The van der Waals surface area contributed by atoms with Crippen LogP contribution >= 0.6 is 0 Å². The van der Waals surface area contributed by atoms with Crippen molar-refractivity contribution in [2.24, 2.45) is 0 Å². The van der Waals surface area contributed by atoms with Gasteiger partial charge in [-0.2, -0.15) is 5.26 Å². The van der Waals surface area contributed by atoms with E-state index < -0.39 is 0 Å². The van der Waals surface area contributed by atoms with Gasteiger partial charge in [0.15, 0.2) is 0 Å². The summed E-state index contributed by atoms with van der Waals surface area (Å²) in [5.74, 6) is 0. The minimum Gasteiger partial charge on any atom is -0.384 e. The summed E-state index contributed by atoms with van der Waals surface area (Å²) in [5.41, 5.74) is 4.19. The van der Waals surface area contributed by atoms with E-state index in [1.165, 1.54) is 29.7 Å². The number of anilines is 1. The number of fused-ring (bicyclic) bond motifs is 1. The Labute approximate surface area is 108 Å². The molecule has 0 radical (unpaired) electrons. The number of para-hydroxylation sites is 1. The maximum absolute atomic E-state index is 8.75. The number of nitrogens with one attached hydrogen (secondary N) is 1. The summed E-state index contributed by atoms with van der Waals surface area (Å²) >= 11 is 0. The van der Waals surface area contributed by atoms with E-state index in [2.05, 4.69) is 34.5 Å². The highest BCUT2D eigenvalue weighted by Crippen LogP contribution is 2.32. The third-order valence-electron chi connectivity index (χ3n) is 3.88. The van der Waals surface area contributed by atoms with Gasteiger partial charge >= 0.3 is 0 Å². The van der Waals surface area contributed by atoms with Crippen LogP contribution in [0.3, 0.4) is 0 Å². The molecule has 0 unspecified atom stereocenters. The van der Waals surface area contributed by atoms with Gasteiger partial charge in [-0.05, 0) is 30.4 Å². The fraction of sp³-hybridized carbons (Fsp3) is 0.533. The summed E-state index contributed by atoms with van der Waals surface area (Å²) in [4.78, 5) is 2.47. The molecule has 1 N–H and O–H groups in total. The first-order valence-corrected chi connectivity index (χ1v) is 6.84. The number of hydrogen-bond acceptors (Lipinski definition) is 3. The Bertz CT molecular complexity index is 471. The second-order valence-corrected chi connectivity index (χ2v) is 5.24. The van der Waals surface area contributed by atoms with E-state index in [1.54, 1.807) is 0 Å². The molecule has 0 saturated heterocycles. The first-order chi connectivity index (χ1) is 8.88. The van der Waals surface area contributed by atoms with Gasteiger partial charge in [-0.15, -0.1) is 0 Å². The van der Waals surface area contributed by atoms with Crippen molar-refractivity contribution in [1.29, 1.82) is 5.26 Å². The lowest BCUT2D eigenvalue weighted by Gasteiger charge is -2.22. The molecule has 1 fully saturated rings. The minimum absolute atomic E-state index is 0.638. The Kier molecular flexibility index (Phi) is 3.21. The van der Waals surface area contributed by atoms with Gasteiger partial charge < -0.3 is 5.32 Å². The van der Waals surface area contributed by atoms with Crippen LogP contribution in [-0.4, -0.2) is 24.0 Å². The quantitative estimate of drug-likeness (QED) is 0.861. The highest BCUT2D eigenvalue weighted by Gasteiger charge is 2.29. The normalized spacial score (nSPS) is 17.3. The molecule has 1 aromatic carbocycles. The molecular weight excluding hydrogens is 222 g/mol. The van der Waals surface area contributed by atoms with Crippen molar-refractivity contribution in [2.45, 2.75) is 38.3 Å². The van der Waals surface area contributed by atoms with Gasteiger partial charge in [-0.1, -0.05) is 18.2 Å². The zero-order valence-corrected chi connectivity index (χ0v) is 10.7. The van der Waals surface area contributed by atoms with Crippen molar-refractivity contribution in [2.75, 3.05) is 18.4 Å². The largest absolute Gasteiger partial charge is 0.384 e. The predicted octanol–water partition coefficient (Wildman–Crippen LogP) is 2.53. The van der Waals surface area contributed by atoms with Crippen LogP contribution in [0, 0.1) is 11.3 Å². The van der Waals surface area contributed by atoms with E-state index in [4.69, 9.17) is 5.26 Å². The number of hydrogen-bond donors (Lipinski definition) is 1. The average molecular weight is 241 g/mol. The molecule has 3 rings (SSSR count). The Morgan fingerprint density at radius 1 is 1.39 bits per heavy atom. The van der Waals surface area contributed by atoms with Crippen LogP contribution in [0.15, 0.2) is 18.2 Å². The third kappa shape index (κ3) is 2.34. The monoisotopic (exact) mass is 241 g/mol. The summed E-state index contributed by atoms with van der Waals surface area (Å²) < 4.78 is 0. The molecule has 3 nitrogen and oxygen atoms in total. The number of nitrogens with zero attached hydrogens (tertiary/aromatic N) is 2. The fourth-order valence-corrected chi connectivity index (χ4v) is 2.79. The van der Waals surface area contributed by atoms with Gasteiger partial charge in [-0.25, -0.2) is 0 Å². The van der Waals surface area contributed by atoms with Gasteiger partial charge in [0.2, 0.25) is 0 Å². The number of rotatable bonds is 5. The molecule has 1 saturated carbocycles. The first-order valence-electron chi connectivity index (χ1n) is 6.84. The van der Waals surface area contributed by atoms with E-state index in [-0.39, 0.29) is 0 Å². The van der Waals surface area contributed by atoms with Crippen LogP contribution in [-0.2, 0) is 13.0 Å². The summed E-state index contributed by atoms with van der Waals surface area (Å²) in [6.45, 7) is 2.96. The van der Waals surface area contributed by atoms with Crippen molar-refractivity contribution < 1.29 is 0 Å². The van der Waals surface area contributed by atoms with Gasteiger partial charge in [0.1, 0.15) is 0 Å². The molecule has 1 heterocycles. The molecule has 0 amide bonds. The van der Waals surface area contributed by atoms with Crippen molar-refractivity contribution in [1.82, 2.24) is 4.90 Å². The maximum Gasteiger partial charge on any atom is 0.0635 e. The molecule has 1 aliphatic carbocycles. The highest BCUT2D eigenvalue weighted by atomic mass is 15.2. The molecule has 3 heteroatoms. The van der Waals surface area contributed by atoms with E-state index in [9.17, 15) is 0 Å². The molecular formula is C15H19N3. The molecule has 94 valence electrons. The Hall–Kier alpha value is -1.53. The number of benzene rings is 1. The van der Waals surface area contributed by atoms with Crippen molar-refractivity contribution in [3.63, 3.8) is 0 Å². The van der Waals surface area contributed by atoms with Crippen LogP contribution in [0.1, 0.15) is 30.4 Å². The summed E-state index contributed by atoms with van der Waals surface area (Å²) in [5, 5.41) is 12.2. The van der Waals surface area contributed by atoms with E-state index >= 15 is 0 Å². The lowest BCUT2D eigenvalue weighted by Crippen LogP contribution is -2.26. The van der Waals surface area contributed by atoms with E-state index in [0.29, 0.717) is 6.42 Å². The van der Waals surface area contributed by atoms with Gasteiger partial charge in [-0.3, -0.25) is 4.90 Å². The molecule has 0 atom stereocenters. The summed E-state index contributed by atoms with van der Waals surface area (Å²) in [6, 6.07) is 9.58. The Morgan fingerprint density at radius 3 is 3.06 bits per heavy atom. The highest BCUT2D eigenvalue weighted by molar-refractivity contribution is 5.61. The van der Waals surface area contributed by atoms with Crippen molar-refractivity contribution in [3.05, 3.63) is 29.3 Å². The molecule has 1 aromatic rings. The second kappa shape index (κ2) is 4.99. The van der Waals surface area contributed by atoms with Gasteiger partial charge in [0, 0.05) is 37.8 Å². The van der Waals surface area contributed by atoms with E-state index in [0.717, 1.165) is 32.1 Å². The van der Waals surface area contributed by atoms with Gasteiger partial charge in [0.05, 0.1) is 6.07 Å². The standard InChI is InChI=1S/C15H19N3/c16-8-2-10-18(14-5-6-14)11-13-4-1-3-12-7-9-17-15(12)13/h1,3-4,14,17H,2,5-7,9-11H2. The zero-order chi connectivity index (χ0) is 12.4. The van der Waals surface area contributed by atoms with Gasteiger partial charge in [0.25, 0.3) is 0 Å². The Balaban J connectivity index is 1.74. The summed E-state index contributed by atoms with van der Waals surface area (Å²) in [7, 11) is 0. The van der Waals surface area contributed by atoms with Crippen LogP contribution in [0.4, 0.5) is 5.69 Å². The topological polar surface area (TPSA) is 39.1 Å². The van der Waals surface area contributed by atoms with E-state index in [1.807, 2.05) is 0 Å².